The third-order valence-corrected chi connectivity index (χ3v) is 14.5. The topological polar surface area (TPSA) is 144 Å². The fourth-order valence-electron chi connectivity index (χ4n) is 13.2. The predicted molar refractivity (Wildman–Crippen MR) is 174 cm³/mol. The molecule has 1 aromatic rings. The van der Waals surface area contributed by atoms with Crippen LogP contribution in [0, 0.1) is 40.4 Å². The second kappa shape index (κ2) is 11.3. The van der Waals surface area contributed by atoms with E-state index in [1.807, 2.05) is 0 Å². The first-order valence-corrected chi connectivity index (χ1v) is 17.9. The number of piperidine rings is 1. The largest absolute Gasteiger partial charge is 0.461 e. The van der Waals surface area contributed by atoms with Crippen LogP contribution in [0.1, 0.15) is 56.3 Å². The summed E-state index contributed by atoms with van der Waals surface area (Å²) in [5.74, 6) is -2.47. The Morgan fingerprint density at radius 2 is 1.80 bits per heavy atom. The number of likely N-dealkylation sites (tertiary alicyclic amines) is 1. The van der Waals surface area contributed by atoms with Crippen LogP contribution < -0.4 is 4.90 Å². The SMILES string of the molecule is CCN1C[C@]2(COC(=O)c3ccccc3N3C(=O)C[C@H](C)C3=O)CC[C@H](OC)C34C1C(O)([C@@H](OC)[C@@H]32)[C@@]1(O)C[C@H](OC)C2C[C@@H]4[C@@H]1[C@H]2OC. The lowest BCUT2D eigenvalue weighted by atomic mass is 9.42. The summed E-state index contributed by atoms with van der Waals surface area (Å²) in [6, 6.07) is 6.12. The number of nitrogens with zero attached hydrogens (tertiary/aromatic N) is 2. The maximum Gasteiger partial charge on any atom is 0.340 e. The highest BCUT2D eigenvalue weighted by molar-refractivity contribution is 6.22. The molecule has 7 aliphatic rings. The van der Waals surface area contributed by atoms with E-state index in [1.165, 1.54) is 0 Å². The molecule has 7 bridgehead atoms. The summed E-state index contributed by atoms with van der Waals surface area (Å²) < 4.78 is 31.4. The van der Waals surface area contributed by atoms with Gasteiger partial charge >= 0.3 is 5.97 Å². The highest BCUT2D eigenvalue weighted by Gasteiger charge is 2.91. The van der Waals surface area contributed by atoms with E-state index < -0.39 is 46.1 Å². The normalized spacial score (nSPS) is 48.0. The molecule has 1 spiro atoms. The number of imide groups is 1. The molecular formula is C37H50N2O10. The molecule has 268 valence electrons. The first kappa shape index (κ1) is 33.7. The smallest absolute Gasteiger partial charge is 0.340 e. The number of carbonyl (C=O) groups excluding carboxylic acids is 3. The van der Waals surface area contributed by atoms with Crippen LogP contribution in [-0.2, 0) is 33.3 Å². The number of hydrogen-bond donors (Lipinski definition) is 2. The average Bonchev–Trinajstić information content (AvgIpc) is 3.63. The molecule has 12 heteroatoms. The molecule has 7 fully saturated rings. The second-order valence-corrected chi connectivity index (χ2v) is 16.0. The lowest BCUT2D eigenvalue weighted by molar-refractivity contribution is -0.320. The van der Waals surface area contributed by atoms with Crippen molar-refractivity contribution in [3.05, 3.63) is 29.8 Å². The van der Waals surface area contributed by atoms with E-state index >= 15 is 0 Å². The van der Waals surface area contributed by atoms with Crippen molar-refractivity contribution in [2.45, 2.75) is 87.6 Å². The van der Waals surface area contributed by atoms with Crippen LogP contribution in [0.25, 0.3) is 0 Å². The van der Waals surface area contributed by atoms with Crippen LogP contribution in [0.5, 0.6) is 0 Å². The number of likely N-dealkylation sites (N-methyl/N-ethyl adjacent to an activating group) is 1. The number of carbonyl (C=O) groups is 3. The molecule has 1 aromatic carbocycles. The summed E-state index contributed by atoms with van der Waals surface area (Å²) in [5, 5.41) is 26.6. The molecule has 2 aliphatic heterocycles. The molecule has 2 amide bonds. The van der Waals surface area contributed by atoms with Crippen molar-refractivity contribution in [2.75, 3.05) is 53.0 Å². The van der Waals surface area contributed by atoms with Gasteiger partial charge in [-0.25, -0.2) is 9.69 Å². The molecule has 12 nitrogen and oxygen atoms in total. The number of esters is 1. The summed E-state index contributed by atoms with van der Waals surface area (Å²) in [4.78, 5) is 43.3. The second-order valence-electron chi connectivity index (χ2n) is 16.0. The number of amides is 2. The lowest BCUT2D eigenvalue weighted by Crippen LogP contribution is -2.82. The Hall–Kier alpha value is -2.45. The quantitative estimate of drug-likeness (QED) is 0.292. The Labute approximate surface area is 287 Å². The van der Waals surface area contributed by atoms with Crippen molar-refractivity contribution < 1.29 is 48.3 Å². The van der Waals surface area contributed by atoms with Crippen molar-refractivity contribution >= 4 is 23.5 Å². The summed E-state index contributed by atoms with van der Waals surface area (Å²) in [7, 11) is 6.70. The molecule has 8 rings (SSSR count). The van der Waals surface area contributed by atoms with E-state index in [0.717, 1.165) is 11.3 Å². The number of para-hydroxylation sites is 1. The minimum atomic E-state index is -1.70. The van der Waals surface area contributed by atoms with Gasteiger partial charge in [-0.1, -0.05) is 26.0 Å². The zero-order valence-corrected chi connectivity index (χ0v) is 29.3. The van der Waals surface area contributed by atoms with E-state index in [1.54, 1.807) is 59.6 Å². The Kier molecular flexibility index (Phi) is 7.75. The maximum absolute atomic E-state index is 14.1. The van der Waals surface area contributed by atoms with Crippen molar-refractivity contribution in [3.63, 3.8) is 0 Å². The van der Waals surface area contributed by atoms with E-state index in [9.17, 15) is 24.6 Å². The van der Waals surface area contributed by atoms with Crippen LogP contribution in [0.15, 0.2) is 24.3 Å². The van der Waals surface area contributed by atoms with Gasteiger partial charge in [0, 0.05) is 82.3 Å². The van der Waals surface area contributed by atoms with Crippen LogP contribution >= 0.6 is 0 Å². The van der Waals surface area contributed by atoms with Gasteiger partial charge in [-0.15, -0.1) is 0 Å². The van der Waals surface area contributed by atoms with Crippen LogP contribution in [0.2, 0.25) is 0 Å². The molecule has 2 N–H and O–H groups in total. The van der Waals surface area contributed by atoms with Crippen LogP contribution in [0.4, 0.5) is 5.69 Å². The third-order valence-electron chi connectivity index (χ3n) is 14.5. The summed E-state index contributed by atoms with van der Waals surface area (Å²) in [6.45, 7) is 4.95. The minimum absolute atomic E-state index is 0.0358. The Morgan fingerprint density at radius 3 is 2.43 bits per heavy atom. The fraction of sp³-hybridized carbons (Fsp3) is 0.757. The molecule has 0 radical (unpaired) electrons. The predicted octanol–water partition coefficient (Wildman–Crippen LogP) is 2.04. The highest BCUT2D eigenvalue weighted by atomic mass is 16.5. The summed E-state index contributed by atoms with van der Waals surface area (Å²) in [5.41, 5.74) is -4.17. The summed E-state index contributed by atoms with van der Waals surface area (Å²) >= 11 is 0. The number of rotatable bonds is 9. The number of aliphatic hydroxyl groups is 2. The fourth-order valence-corrected chi connectivity index (χ4v) is 13.2. The minimum Gasteiger partial charge on any atom is -0.461 e. The Balaban J connectivity index is 1.23. The first-order chi connectivity index (χ1) is 23.4. The third kappa shape index (κ3) is 3.86. The van der Waals surface area contributed by atoms with E-state index in [0.29, 0.717) is 25.9 Å². The number of ether oxygens (including phenoxy) is 5. The molecule has 5 saturated carbocycles. The van der Waals surface area contributed by atoms with Crippen LogP contribution in [0.3, 0.4) is 0 Å². The molecule has 5 aliphatic carbocycles. The zero-order chi connectivity index (χ0) is 34.8. The van der Waals surface area contributed by atoms with Gasteiger partial charge in [-0.3, -0.25) is 14.5 Å². The van der Waals surface area contributed by atoms with Crippen molar-refractivity contribution in [1.82, 2.24) is 4.90 Å². The van der Waals surface area contributed by atoms with Gasteiger partial charge in [0.25, 0.3) is 0 Å². The van der Waals surface area contributed by atoms with Crippen LogP contribution in [-0.4, -0.2) is 123 Å². The number of hydrogen-bond acceptors (Lipinski definition) is 11. The highest BCUT2D eigenvalue weighted by Crippen LogP contribution is 2.80. The molecule has 2 heterocycles. The first-order valence-electron chi connectivity index (χ1n) is 17.9. The lowest BCUT2D eigenvalue weighted by Gasteiger charge is -2.70. The molecule has 4 unspecified atom stereocenters. The van der Waals surface area contributed by atoms with E-state index in [4.69, 9.17) is 23.7 Å². The molecule has 0 aromatic heterocycles. The van der Waals surface area contributed by atoms with Gasteiger partial charge in [0.05, 0.1) is 48.3 Å². The Bertz CT molecular complexity index is 1560. The molecule has 14 atom stereocenters. The van der Waals surface area contributed by atoms with Crippen molar-refractivity contribution in [2.24, 2.45) is 40.4 Å². The van der Waals surface area contributed by atoms with Crippen molar-refractivity contribution in [3.8, 4) is 0 Å². The van der Waals surface area contributed by atoms with Gasteiger partial charge in [0.1, 0.15) is 11.2 Å². The number of methoxy groups -OCH3 is 4. The monoisotopic (exact) mass is 682 g/mol. The van der Waals surface area contributed by atoms with E-state index in [-0.39, 0.29) is 84.5 Å². The standard InChI is InChI=1S/C37H50N2O10/c1-7-38-17-34(18-49-32(42)20-10-8-9-11-23(20)39-26(40)14-19(2)31(39)41)13-12-25(46-4)36-22-15-21-24(45-3)16-35(43,27(22)28(21)47-5)37(44,33(36)38)30(48-6)29(34)36/h8-11,19,21-22,24-25,27-30,33,43-44H,7,12-18H2,1-6H3/t19-,21?,22+,24-,25-,27+,28-,29+,30-,33?,34-,35+,36?,37?/m0/s1. The summed E-state index contributed by atoms with van der Waals surface area (Å²) in [6.07, 6.45) is 0.813. The van der Waals surface area contributed by atoms with Gasteiger partial charge < -0.3 is 33.9 Å². The van der Waals surface area contributed by atoms with Gasteiger partial charge in [-0.2, -0.15) is 0 Å². The van der Waals surface area contributed by atoms with E-state index in [2.05, 4.69) is 11.8 Å². The number of anilines is 1. The molecule has 2 saturated heterocycles. The number of benzene rings is 1. The number of fused-ring (bicyclic) bond motifs is 2. The molecule has 49 heavy (non-hydrogen) atoms. The maximum atomic E-state index is 14.1. The molecular weight excluding hydrogens is 632 g/mol. The van der Waals surface area contributed by atoms with Gasteiger partial charge in [0.15, 0.2) is 0 Å². The van der Waals surface area contributed by atoms with Gasteiger partial charge in [-0.05, 0) is 43.9 Å². The van der Waals surface area contributed by atoms with Crippen molar-refractivity contribution in [1.29, 1.82) is 0 Å². The zero-order valence-electron chi connectivity index (χ0n) is 29.3. The average molecular weight is 683 g/mol. The Morgan fingerprint density at radius 1 is 1.04 bits per heavy atom. The van der Waals surface area contributed by atoms with Gasteiger partial charge in [0.2, 0.25) is 11.8 Å².